The van der Waals surface area contributed by atoms with Gasteiger partial charge in [-0.2, -0.15) is 0 Å². The van der Waals surface area contributed by atoms with E-state index in [0.717, 1.165) is 15.4 Å². The van der Waals surface area contributed by atoms with Crippen LogP contribution in [0.1, 0.15) is 0 Å². The zero-order valence-corrected chi connectivity index (χ0v) is 10.3. The van der Waals surface area contributed by atoms with Gasteiger partial charge < -0.3 is 5.11 Å². The highest BCUT2D eigenvalue weighted by molar-refractivity contribution is 7.99. The van der Waals surface area contributed by atoms with Crippen molar-refractivity contribution in [2.45, 2.75) is 10.1 Å². The Morgan fingerprint density at radius 3 is 2.67 bits per heavy atom. The molecule has 0 saturated heterocycles. The molecule has 0 spiro atoms. The standard InChI is InChI=1S/C14H10N2OS/c17-11-5-3-4-10-7-8-13(16-14(10)11)18-12-6-1-2-9-15-12/h1-9,17H. The quantitative estimate of drug-likeness (QED) is 0.760. The Hall–Kier alpha value is -2.07. The van der Waals surface area contributed by atoms with Gasteiger partial charge in [0.1, 0.15) is 21.3 Å². The van der Waals surface area contributed by atoms with Gasteiger partial charge in [-0.1, -0.05) is 30.0 Å². The molecule has 18 heavy (non-hydrogen) atoms. The van der Waals surface area contributed by atoms with Gasteiger partial charge in [-0.3, -0.25) is 0 Å². The van der Waals surface area contributed by atoms with Crippen LogP contribution < -0.4 is 0 Å². The number of aromatic hydroxyl groups is 1. The average Bonchev–Trinajstić information content (AvgIpc) is 2.41. The number of phenolic OH excluding ortho intramolecular Hbond substituents is 1. The molecule has 1 aromatic carbocycles. The SMILES string of the molecule is Oc1cccc2ccc(Sc3ccccn3)nc12. The number of hydrogen-bond donors (Lipinski definition) is 1. The third kappa shape index (κ3) is 2.15. The van der Waals surface area contributed by atoms with E-state index in [0.29, 0.717) is 5.52 Å². The van der Waals surface area contributed by atoms with Gasteiger partial charge in [0.05, 0.1) is 0 Å². The second kappa shape index (κ2) is 4.66. The van der Waals surface area contributed by atoms with Crippen LogP contribution in [0, 0.1) is 0 Å². The first-order valence-electron chi connectivity index (χ1n) is 5.50. The van der Waals surface area contributed by atoms with Gasteiger partial charge in [0, 0.05) is 11.6 Å². The van der Waals surface area contributed by atoms with E-state index in [9.17, 15) is 5.11 Å². The molecule has 0 bridgehead atoms. The van der Waals surface area contributed by atoms with Crippen molar-refractivity contribution >= 4 is 22.7 Å². The van der Waals surface area contributed by atoms with Crippen molar-refractivity contribution in [3.05, 3.63) is 54.7 Å². The van der Waals surface area contributed by atoms with E-state index < -0.39 is 0 Å². The number of phenols is 1. The number of hydrogen-bond acceptors (Lipinski definition) is 4. The molecule has 0 unspecified atom stereocenters. The third-order valence-corrected chi connectivity index (χ3v) is 3.41. The van der Waals surface area contributed by atoms with E-state index in [2.05, 4.69) is 9.97 Å². The van der Waals surface area contributed by atoms with E-state index in [1.807, 2.05) is 42.5 Å². The Bertz CT molecular complexity index is 686. The molecule has 2 aromatic heterocycles. The summed E-state index contributed by atoms with van der Waals surface area (Å²) >= 11 is 1.48. The first-order valence-corrected chi connectivity index (χ1v) is 6.32. The summed E-state index contributed by atoms with van der Waals surface area (Å²) in [4.78, 5) is 8.68. The van der Waals surface area contributed by atoms with Crippen LogP contribution in [0.2, 0.25) is 0 Å². The van der Waals surface area contributed by atoms with Gasteiger partial charge in [0.25, 0.3) is 0 Å². The van der Waals surface area contributed by atoms with Gasteiger partial charge in [0.15, 0.2) is 0 Å². The molecule has 4 heteroatoms. The highest BCUT2D eigenvalue weighted by Crippen LogP contribution is 2.28. The normalized spacial score (nSPS) is 10.7. The van der Waals surface area contributed by atoms with Crippen molar-refractivity contribution in [3.63, 3.8) is 0 Å². The number of aromatic nitrogens is 2. The van der Waals surface area contributed by atoms with Crippen molar-refractivity contribution in [3.8, 4) is 5.75 Å². The second-order valence-corrected chi connectivity index (χ2v) is 4.81. The summed E-state index contributed by atoms with van der Waals surface area (Å²) in [5, 5.41) is 12.4. The lowest BCUT2D eigenvalue weighted by molar-refractivity contribution is 0.480. The highest BCUT2D eigenvalue weighted by atomic mass is 32.2. The largest absolute Gasteiger partial charge is 0.506 e. The van der Waals surface area contributed by atoms with Gasteiger partial charge in [0.2, 0.25) is 0 Å². The Morgan fingerprint density at radius 2 is 1.83 bits per heavy atom. The van der Waals surface area contributed by atoms with Crippen LogP contribution in [-0.4, -0.2) is 15.1 Å². The fourth-order valence-corrected chi connectivity index (χ4v) is 2.43. The molecule has 0 aliphatic carbocycles. The molecule has 2 heterocycles. The van der Waals surface area contributed by atoms with Crippen LogP contribution >= 0.6 is 11.8 Å². The Balaban J connectivity index is 2.01. The molecule has 0 aliphatic rings. The van der Waals surface area contributed by atoms with E-state index in [1.54, 1.807) is 12.3 Å². The molecule has 3 nitrogen and oxygen atoms in total. The van der Waals surface area contributed by atoms with Crippen molar-refractivity contribution in [2.75, 3.05) is 0 Å². The van der Waals surface area contributed by atoms with E-state index in [-0.39, 0.29) is 5.75 Å². The van der Waals surface area contributed by atoms with E-state index in [4.69, 9.17) is 0 Å². The third-order valence-electron chi connectivity index (χ3n) is 2.52. The summed E-state index contributed by atoms with van der Waals surface area (Å²) in [6.45, 7) is 0. The molecule has 0 saturated carbocycles. The number of benzene rings is 1. The average molecular weight is 254 g/mol. The minimum Gasteiger partial charge on any atom is -0.506 e. The Labute approximate surface area is 109 Å². The van der Waals surface area contributed by atoms with Crippen molar-refractivity contribution < 1.29 is 5.11 Å². The maximum atomic E-state index is 9.77. The zero-order valence-electron chi connectivity index (χ0n) is 9.45. The number of para-hydroxylation sites is 1. The molecule has 3 aromatic rings. The van der Waals surface area contributed by atoms with Crippen LogP contribution in [0.4, 0.5) is 0 Å². The fraction of sp³-hybridized carbons (Fsp3) is 0. The number of nitrogens with zero attached hydrogens (tertiary/aromatic N) is 2. The summed E-state index contributed by atoms with van der Waals surface area (Å²) < 4.78 is 0. The smallest absolute Gasteiger partial charge is 0.141 e. The molecule has 0 fully saturated rings. The Kier molecular flexibility index (Phi) is 2.86. The number of fused-ring (bicyclic) bond motifs is 1. The molecule has 88 valence electrons. The van der Waals surface area contributed by atoms with Gasteiger partial charge in [-0.05, 0) is 30.3 Å². The first-order chi connectivity index (χ1) is 8.83. The van der Waals surface area contributed by atoms with E-state index in [1.165, 1.54) is 11.8 Å². The summed E-state index contributed by atoms with van der Waals surface area (Å²) in [6.07, 6.45) is 1.75. The summed E-state index contributed by atoms with van der Waals surface area (Å²) in [6, 6.07) is 15.0. The predicted molar refractivity (Wildman–Crippen MR) is 71.8 cm³/mol. The molecule has 0 aliphatic heterocycles. The first kappa shape index (κ1) is 11.0. The summed E-state index contributed by atoms with van der Waals surface area (Å²) in [7, 11) is 0. The van der Waals surface area contributed by atoms with Gasteiger partial charge >= 0.3 is 0 Å². The maximum absolute atomic E-state index is 9.77. The molecule has 0 radical (unpaired) electrons. The maximum Gasteiger partial charge on any atom is 0.141 e. The van der Waals surface area contributed by atoms with Crippen LogP contribution in [-0.2, 0) is 0 Å². The predicted octanol–water partition coefficient (Wildman–Crippen LogP) is 3.49. The van der Waals surface area contributed by atoms with Gasteiger partial charge in [-0.25, -0.2) is 9.97 Å². The minimum absolute atomic E-state index is 0.205. The molecular formula is C14H10N2OS. The zero-order chi connectivity index (χ0) is 12.4. The van der Waals surface area contributed by atoms with Crippen molar-refractivity contribution in [2.24, 2.45) is 0 Å². The van der Waals surface area contributed by atoms with Gasteiger partial charge in [-0.15, -0.1) is 0 Å². The van der Waals surface area contributed by atoms with Crippen LogP contribution in [0.15, 0.2) is 64.8 Å². The molecule has 0 atom stereocenters. The lowest BCUT2D eigenvalue weighted by Crippen LogP contribution is -1.84. The molecular weight excluding hydrogens is 244 g/mol. The molecule has 0 amide bonds. The number of rotatable bonds is 2. The molecule has 3 rings (SSSR count). The lowest BCUT2D eigenvalue weighted by Gasteiger charge is -2.03. The summed E-state index contributed by atoms with van der Waals surface area (Å²) in [5.41, 5.74) is 0.624. The van der Waals surface area contributed by atoms with E-state index >= 15 is 0 Å². The van der Waals surface area contributed by atoms with Crippen LogP contribution in [0.3, 0.4) is 0 Å². The molecule has 1 N–H and O–H groups in total. The number of pyridine rings is 2. The van der Waals surface area contributed by atoms with Crippen molar-refractivity contribution in [1.82, 2.24) is 9.97 Å². The fourth-order valence-electron chi connectivity index (χ4n) is 1.68. The lowest BCUT2D eigenvalue weighted by atomic mass is 10.2. The Morgan fingerprint density at radius 1 is 0.889 bits per heavy atom. The topological polar surface area (TPSA) is 46.0 Å². The van der Waals surface area contributed by atoms with Crippen molar-refractivity contribution in [1.29, 1.82) is 0 Å². The monoisotopic (exact) mass is 254 g/mol. The second-order valence-electron chi connectivity index (χ2n) is 3.77. The summed E-state index contributed by atoms with van der Waals surface area (Å²) in [5.74, 6) is 0.205. The van der Waals surface area contributed by atoms with Crippen LogP contribution in [0.25, 0.3) is 10.9 Å². The van der Waals surface area contributed by atoms with Crippen LogP contribution in [0.5, 0.6) is 5.75 Å². The highest BCUT2D eigenvalue weighted by Gasteiger charge is 2.04. The minimum atomic E-state index is 0.205.